The molecule has 0 saturated heterocycles. The van der Waals surface area contributed by atoms with Crippen LogP contribution in [0, 0.1) is 5.92 Å². The van der Waals surface area contributed by atoms with Crippen molar-refractivity contribution < 1.29 is 18.0 Å². The highest BCUT2D eigenvalue weighted by Gasteiger charge is 2.34. The van der Waals surface area contributed by atoms with E-state index in [4.69, 9.17) is 4.98 Å². The normalized spacial score (nSPS) is 19.1. The quantitative estimate of drug-likeness (QED) is 0.136. The summed E-state index contributed by atoms with van der Waals surface area (Å²) in [5.41, 5.74) is 0.550. The maximum absolute atomic E-state index is 13.6. The summed E-state index contributed by atoms with van der Waals surface area (Å²) >= 11 is 1.86. The zero-order valence-electron chi connectivity index (χ0n) is 18.4. The van der Waals surface area contributed by atoms with Crippen LogP contribution in [0.15, 0.2) is 35.6 Å². The average Bonchev–Trinajstić information content (AvgIpc) is 3.36. The van der Waals surface area contributed by atoms with Crippen molar-refractivity contribution in [3.05, 3.63) is 42.0 Å². The molecule has 4 aromatic rings. The summed E-state index contributed by atoms with van der Waals surface area (Å²) in [6.07, 6.45) is 0.765. The summed E-state index contributed by atoms with van der Waals surface area (Å²) in [4.78, 5) is 28.2. The second-order valence-electron chi connectivity index (χ2n) is 8.63. The number of alkyl halides is 3. The minimum absolute atomic E-state index is 0.00946. The minimum atomic E-state index is -4.50. The Morgan fingerprint density at radius 1 is 1.26 bits per heavy atom. The maximum Gasteiger partial charge on any atom is 0.418 e. The Morgan fingerprint density at radius 2 is 2.09 bits per heavy atom. The number of carbonyl (C=O) groups is 1. The van der Waals surface area contributed by atoms with E-state index in [-0.39, 0.29) is 23.3 Å². The first-order chi connectivity index (χ1) is 16.8. The van der Waals surface area contributed by atoms with Gasteiger partial charge in [-0.05, 0) is 44.5 Å². The fourth-order valence-corrected chi connectivity index (χ4v) is 5.37. The van der Waals surface area contributed by atoms with Crippen LogP contribution in [-0.2, 0) is 11.0 Å². The van der Waals surface area contributed by atoms with Gasteiger partial charge in [0.1, 0.15) is 23.4 Å². The van der Waals surface area contributed by atoms with Crippen molar-refractivity contribution >= 4 is 57.7 Å². The van der Waals surface area contributed by atoms with Gasteiger partial charge in [0.15, 0.2) is 5.82 Å². The molecule has 35 heavy (non-hydrogen) atoms. The van der Waals surface area contributed by atoms with Crippen LogP contribution in [0.2, 0.25) is 0 Å². The Kier molecular flexibility index (Phi) is 6.23. The van der Waals surface area contributed by atoms with Crippen LogP contribution in [0.25, 0.3) is 27.8 Å². The first kappa shape index (κ1) is 23.7. The number of fused-ring (bicyclic) bond motifs is 2. The summed E-state index contributed by atoms with van der Waals surface area (Å²) in [7, 11) is 0. The van der Waals surface area contributed by atoms with E-state index >= 15 is 0 Å². The number of amides is 1. The predicted molar refractivity (Wildman–Crippen MR) is 134 cm³/mol. The highest BCUT2D eigenvalue weighted by atomic mass is 127. The largest absolute Gasteiger partial charge is 0.418 e. The Bertz CT molecular complexity index is 1430. The molecule has 1 amide bonds. The van der Waals surface area contributed by atoms with Crippen molar-refractivity contribution in [3.8, 4) is 11.4 Å². The highest BCUT2D eigenvalue weighted by molar-refractivity contribution is 14.1. The molecule has 5 rings (SSSR count). The molecule has 0 radical (unpaired) electrons. The molecule has 0 aliphatic heterocycles. The standard InChI is InChI=1S/C23H21F3IN7O/c1-28-20-19-18(16-10-14-6-3-7-15(17(14)31-16)23(24,25)26)32-21(34(19)30-11-29-20)12-4-2-5-13(9-8-12)22(35)33-27/h3,6-7,10-13,31H,1-2,4-5,8-9H2,(H,33,35)/t12-,13?/m0/s1. The van der Waals surface area contributed by atoms with Gasteiger partial charge < -0.3 is 4.98 Å². The first-order valence-electron chi connectivity index (χ1n) is 11.1. The molecule has 2 atom stereocenters. The second kappa shape index (κ2) is 9.21. The number of carbonyl (C=O) groups excluding carboxylic acids is 1. The zero-order valence-corrected chi connectivity index (χ0v) is 20.6. The molecular weight excluding hydrogens is 574 g/mol. The van der Waals surface area contributed by atoms with Crippen LogP contribution in [0.3, 0.4) is 0 Å². The van der Waals surface area contributed by atoms with Crippen LogP contribution in [-0.4, -0.2) is 37.2 Å². The lowest BCUT2D eigenvalue weighted by Gasteiger charge is -2.13. The number of aromatic nitrogens is 5. The van der Waals surface area contributed by atoms with Crippen molar-refractivity contribution in [2.45, 2.75) is 44.2 Å². The van der Waals surface area contributed by atoms with Gasteiger partial charge in [0.05, 0.1) is 39.6 Å². The molecular formula is C23H21F3IN7O. The molecule has 1 aliphatic carbocycles. The van der Waals surface area contributed by atoms with Gasteiger partial charge in [-0.1, -0.05) is 18.6 Å². The minimum Gasteiger partial charge on any atom is -0.353 e. The third-order valence-corrected chi connectivity index (χ3v) is 7.13. The number of nitrogens with zero attached hydrogens (tertiary/aromatic N) is 5. The van der Waals surface area contributed by atoms with Gasteiger partial charge in [0.25, 0.3) is 0 Å². The molecule has 3 aromatic heterocycles. The van der Waals surface area contributed by atoms with E-state index < -0.39 is 11.7 Å². The second-order valence-corrected chi connectivity index (χ2v) is 9.17. The van der Waals surface area contributed by atoms with Gasteiger partial charge in [-0.25, -0.2) is 19.5 Å². The number of hydrogen-bond acceptors (Lipinski definition) is 5. The number of benzene rings is 1. The smallest absolute Gasteiger partial charge is 0.353 e. The topological polar surface area (TPSA) is 100 Å². The number of H-pyrrole nitrogens is 1. The Balaban J connectivity index is 1.64. The number of aromatic amines is 1. The first-order valence-corrected chi connectivity index (χ1v) is 12.2. The third kappa shape index (κ3) is 4.28. The van der Waals surface area contributed by atoms with Crippen LogP contribution < -0.4 is 3.53 Å². The van der Waals surface area contributed by atoms with E-state index in [9.17, 15) is 18.0 Å². The van der Waals surface area contributed by atoms with Crippen LogP contribution in [0.5, 0.6) is 0 Å². The lowest BCUT2D eigenvalue weighted by atomic mass is 9.97. The molecule has 1 aliphatic rings. The third-order valence-electron chi connectivity index (χ3n) is 6.60. The molecule has 182 valence electrons. The van der Waals surface area contributed by atoms with Crippen LogP contribution in [0.4, 0.5) is 19.0 Å². The zero-order chi connectivity index (χ0) is 24.7. The van der Waals surface area contributed by atoms with Gasteiger partial charge in [0, 0.05) is 17.2 Å². The Labute approximate surface area is 211 Å². The molecule has 1 aromatic carbocycles. The number of hydrogen-bond donors (Lipinski definition) is 2. The maximum atomic E-state index is 13.6. The SMILES string of the molecule is C=Nc1ncnn2c([C@H]3CCCC(C(=O)NI)CC3)nc(-c3cc4cccc(C(F)(F)F)c4[nH]3)c12. The molecule has 0 spiro atoms. The van der Waals surface area contributed by atoms with Crippen LogP contribution >= 0.6 is 22.9 Å². The average molecular weight is 595 g/mol. The fourth-order valence-electron chi connectivity index (χ4n) is 4.93. The molecule has 12 heteroatoms. The van der Waals surface area contributed by atoms with Crippen molar-refractivity contribution in [2.75, 3.05) is 0 Å². The molecule has 1 fully saturated rings. The van der Waals surface area contributed by atoms with Gasteiger partial charge in [-0.15, -0.1) is 0 Å². The summed E-state index contributed by atoms with van der Waals surface area (Å²) < 4.78 is 45.1. The number of imidazole rings is 1. The van der Waals surface area contributed by atoms with Crippen molar-refractivity contribution in [3.63, 3.8) is 0 Å². The van der Waals surface area contributed by atoms with Gasteiger partial charge >= 0.3 is 6.18 Å². The summed E-state index contributed by atoms with van der Waals surface area (Å²) in [6.45, 7) is 3.60. The fraction of sp³-hybridized carbons (Fsp3) is 0.348. The number of nitrogens with one attached hydrogen (secondary N) is 2. The van der Waals surface area contributed by atoms with Gasteiger partial charge in [0.2, 0.25) is 5.91 Å². The number of para-hydroxylation sites is 1. The number of aliphatic imine (C=N–C) groups is 1. The van der Waals surface area contributed by atoms with Crippen molar-refractivity contribution in [2.24, 2.45) is 10.9 Å². The van der Waals surface area contributed by atoms with E-state index in [2.05, 4.69) is 30.3 Å². The van der Waals surface area contributed by atoms with Gasteiger partial charge in [-0.2, -0.15) is 18.3 Å². The van der Waals surface area contributed by atoms with E-state index in [0.29, 0.717) is 40.4 Å². The highest BCUT2D eigenvalue weighted by Crippen LogP contribution is 2.40. The molecule has 0 bridgehead atoms. The number of halogens is 4. The molecule has 2 N–H and O–H groups in total. The lowest BCUT2D eigenvalue weighted by Crippen LogP contribution is -2.22. The van der Waals surface area contributed by atoms with Crippen molar-refractivity contribution in [1.82, 2.24) is 28.1 Å². The van der Waals surface area contributed by atoms with E-state index in [1.807, 2.05) is 22.9 Å². The molecule has 8 nitrogen and oxygen atoms in total. The van der Waals surface area contributed by atoms with Crippen molar-refractivity contribution in [1.29, 1.82) is 0 Å². The number of rotatable bonds is 4. The van der Waals surface area contributed by atoms with E-state index in [0.717, 1.165) is 31.7 Å². The van der Waals surface area contributed by atoms with E-state index in [1.165, 1.54) is 12.4 Å². The predicted octanol–water partition coefficient (Wildman–Crippen LogP) is 5.75. The lowest BCUT2D eigenvalue weighted by molar-refractivity contribution is -0.136. The molecule has 1 saturated carbocycles. The van der Waals surface area contributed by atoms with E-state index in [1.54, 1.807) is 16.6 Å². The summed E-state index contributed by atoms with van der Waals surface area (Å²) in [5, 5.41) is 4.82. The molecule has 3 heterocycles. The molecule has 1 unspecified atom stereocenters. The summed E-state index contributed by atoms with van der Waals surface area (Å²) in [6, 6.07) is 5.70. The monoisotopic (exact) mass is 595 g/mol. The van der Waals surface area contributed by atoms with Crippen LogP contribution in [0.1, 0.15) is 49.4 Å². The Morgan fingerprint density at radius 3 is 2.83 bits per heavy atom. The summed E-state index contributed by atoms with van der Waals surface area (Å²) in [5.74, 6) is 0.953. The van der Waals surface area contributed by atoms with Gasteiger partial charge in [-0.3, -0.25) is 8.32 Å². The Hall–Kier alpha value is -3.03.